The zero-order chi connectivity index (χ0) is 24.4. The van der Waals surface area contributed by atoms with Gasteiger partial charge in [-0.3, -0.25) is 0 Å². The molecule has 176 valence electrons. The molecule has 1 atom stereocenters. The van der Waals surface area contributed by atoms with Crippen LogP contribution in [0.5, 0.6) is 0 Å². The molecule has 1 N–H and O–H groups in total. The van der Waals surface area contributed by atoms with Crippen LogP contribution in [0.3, 0.4) is 0 Å². The van der Waals surface area contributed by atoms with Gasteiger partial charge >= 0.3 is 0 Å². The number of benzene rings is 3. The van der Waals surface area contributed by atoms with Gasteiger partial charge in [-0.1, -0.05) is 59.1 Å². The second-order valence-electron chi connectivity index (χ2n) is 8.42. The van der Waals surface area contributed by atoms with E-state index in [9.17, 15) is 16.8 Å². The van der Waals surface area contributed by atoms with E-state index in [4.69, 9.17) is 11.6 Å². The van der Waals surface area contributed by atoms with E-state index in [1.807, 2.05) is 26.0 Å². The van der Waals surface area contributed by atoms with Crippen molar-refractivity contribution < 1.29 is 16.8 Å². The Balaban J connectivity index is 1.92. The summed E-state index contributed by atoms with van der Waals surface area (Å²) in [5, 5.41) is 0.519. The van der Waals surface area contributed by atoms with Crippen molar-refractivity contribution in [1.82, 2.24) is 4.72 Å². The first-order chi connectivity index (χ1) is 15.4. The fourth-order valence-electron chi connectivity index (χ4n) is 3.99. The molecule has 3 aromatic carbocycles. The number of aryl methyl sites for hydroxylation is 4. The molecule has 1 unspecified atom stereocenters. The van der Waals surface area contributed by atoms with E-state index in [-0.39, 0.29) is 22.1 Å². The first kappa shape index (κ1) is 25.4. The van der Waals surface area contributed by atoms with Crippen molar-refractivity contribution in [3.63, 3.8) is 0 Å². The average molecular weight is 506 g/mol. The molecule has 0 radical (unpaired) electrons. The molecule has 0 aliphatic carbocycles. The number of hydrogen-bond donors (Lipinski definition) is 1. The molecule has 0 saturated carbocycles. The van der Waals surface area contributed by atoms with Crippen molar-refractivity contribution in [1.29, 1.82) is 0 Å². The number of halogens is 1. The molecule has 0 bridgehead atoms. The van der Waals surface area contributed by atoms with Crippen LogP contribution in [0.2, 0.25) is 5.02 Å². The van der Waals surface area contributed by atoms with Gasteiger partial charge in [-0.15, -0.1) is 0 Å². The Morgan fingerprint density at radius 3 is 1.88 bits per heavy atom. The predicted octanol–water partition coefficient (Wildman–Crippen LogP) is 5.11. The van der Waals surface area contributed by atoms with E-state index in [1.54, 1.807) is 62.4 Å². The van der Waals surface area contributed by atoms with Crippen LogP contribution in [-0.2, 0) is 19.9 Å². The zero-order valence-electron chi connectivity index (χ0n) is 19.1. The van der Waals surface area contributed by atoms with Gasteiger partial charge in [0.05, 0.1) is 15.5 Å². The van der Waals surface area contributed by atoms with E-state index in [2.05, 4.69) is 4.72 Å². The van der Waals surface area contributed by atoms with Crippen LogP contribution >= 0.6 is 11.6 Å². The molecule has 3 rings (SSSR count). The van der Waals surface area contributed by atoms with E-state index < -0.39 is 25.8 Å². The van der Waals surface area contributed by atoms with Crippen molar-refractivity contribution in [2.75, 3.05) is 12.3 Å². The van der Waals surface area contributed by atoms with E-state index in [0.717, 1.165) is 11.1 Å². The van der Waals surface area contributed by atoms with Gasteiger partial charge in [0.1, 0.15) is 0 Å². The maximum absolute atomic E-state index is 13.2. The van der Waals surface area contributed by atoms with Crippen LogP contribution < -0.4 is 4.72 Å². The summed E-state index contributed by atoms with van der Waals surface area (Å²) in [5.74, 6) is -0.846. The highest BCUT2D eigenvalue weighted by Crippen LogP contribution is 2.26. The van der Waals surface area contributed by atoms with Gasteiger partial charge in [0.25, 0.3) is 0 Å². The lowest BCUT2D eigenvalue weighted by Gasteiger charge is -2.20. The Labute approximate surface area is 201 Å². The Morgan fingerprint density at radius 1 is 0.788 bits per heavy atom. The monoisotopic (exact) mass is 505 g/mol. The molecular weight excluding hydrogens is 478 g/mol. The molecule has 8 heteroatoms. The summed E-state index contributed by atoms with van der Waals surface area (Å²) >= 11 is 6.01. The molecule has 0 fully saturated rings. The molecule has 0 saturated heterocycles. The second kappa shape index (κ2) is 9.97. The quantitative estimate of drug-likeness (QED) is 0.461. The first-order valence-electron chi connectivity index (χ1n) is 10.5. The van der Waals surface area contributed by atoms with Gasteiger partial charge in [0.2, 0.25) is 10.0 Å². The van der Waals surface area contributed by atoms with E-state index in [0.29, 0.717) is 21.7 Å². The van der Waals surface area contributed by atoms with Crippen molar-refractivity contribution in [3.05, 3.63) is 93.5 Å². The van der Waals surface area contributed by atoms with Gasteiger partial charge in [-0.05, 0) is 68.7 Å². The predicted molar refractivity (Wildman–Crippen MR) is 133 cm³/mol. The van der Waals surface area contributed by atoms with Crippen molar-refractivity contribution in [2.24, 2.45) is 0 Å². The summed E-state index contributed by atoms with van der Waals surface area (Å²) in [6, 6.07) is 17.1. The number of sulfonamides is 1. The minimum Gasteiger partial charge on any atom is -0.224 e. The van der Waals surface area contributed by atoms with Crippen LogP contribution in [-0.4, -0.2) is 29.1 Å². The molecule has 0 heterocycles. The highest BCUT2D eigenvalue weighted by Gasteiger charge is 2.26. The molecule has 33 heavy (non-hydrogen) atoms. The van der Waals surface area contributed by atoms with Gasteiger partial charge in [-0.2, -0.15) is 0 Å². The second-order valence-corrected chi connectivity index (χ2v) is 12.6. The summed E-state index contributed by atoms with van der Waals surface area (Å²) in [5.41, 5.74) is 3.92. The summed E-state index contributed by atoms with van der Waals surface area (Å²) in [6.45, 7) is 7.25. The fraction of sp³-hybridized carbons (Fsp3) is 0.280. The van der Waals surface area contributed by atoms with Crippen LogP contribution in [0.15, 0.2) is 70.5 Å². The minimum absolute atomic E-state index is 0.0676. The first-order valence-corrected chi connectivity index (χ1v) is 14.0. The van der Waals surface area contributed by atoms with Gasteiger partial charge in [0.15, 0.2) is 9.84 Å². The van der Waals surface area contributed by atoms with E-state index >= 15 is 0 Å². The standard InChI is InChI=1S/C25H28ClNO4S2/c1-17-5-11-24(12-6-17)32(28,29)16-22(21-7-9-23(26)10-8-21)15-27-33(30,31)25-19(3)13-18(2)14-20(25)4/h5-14,22,27H,15-16H2,1-4H3. The number of rotatable bonds is 8. The summed E-state index contributed by atoms with van der Waals surface area (Å²) in [6.07, 6.45) is 0. The van der Waals surface area contributed by atoms with E-state index in [1.165, 1.54) is 0 Å². The lowest BCUT2D eigenvalue weighted by Crippen LogP contribution is -2.32. The molecule has 3 aromatic rings. The Kier molecular flexibility index (Phi) is 7.69. The Morgan fingerprint density at radius 2 is 1.33 bits per heavy atom. The maximum Gasteiger partial charge on any atom is 0.241 e. The SMILES string of the molecule is Cc1ccc(S(=O)(=O)CC(CNS(=O)(=O)c2c(C)cc(C)cc2C)c2ccc(Cl)cc2)cc1. The van der Waals surface area contributed by atoms with Crippen LogP contribution in [0.4, 0.5) is 0 Å². The molecule has 0 aliphatic rings. The molecule has 5 nitrogen and oxygen atoms in total. The topological polar surface area (TPSA) is 80.3 Å². The Hall–Kier alpha value is -2.19. The lowest BCUT2D eigenvalue weighted by molar-refractivity contribution is 0.566. The number of sulfone groups is 1. The highest BCUT2D eigenvalue weighted by molar-refractivity contribution is 7.91. The number of hydrogen-bond acceptors (Lipinski definition) is 4. The molecule has 0 amide bonds. The molecule has 0 aliphatic heterocycles. The van der Waals surface area contributed by atoms with Gasteiger partial charge in [0, 0.05) is 17.5 Å². The normalized spacial score (nSPS) is 13.1. The number of nitrogens with one attached hydrogen (secondary N) is 1. The fourth-order valence-corrected chi connectivity index (χ4v) is 7.23. The highest BCUT2D eigenvalue weighted by atomic mass is 35.5. The van der Waals surface area contributed by atoms with Crippen LogP contribution in [0.25, 0.3) is 0 Å². The average Bonchev–Trinajstić information content (AvgIpc) is 2.71. The zero-order valence-corrected chi connectivity index (χ0v) is 21.5. The summed E-state index contributed by atoms with van der Waals surface area (Å²) < 4.78 is 55.2. The summed E-state index contributed by atoms with van der Waals surface area (Å²) in [4.78, 5) is 0.435. The van der Waals surface area contributed by atoms with Crippen molar-refractivity contribution >= 4 is 31.5 Å². The van der Waals surface area contributed by atoms with Gasteiger partial charge in [-0.25, -0.2) is 21.6 Å². The molecule has 0 aromatic heterocycles. The molecular formula is C25H28ClNO4S2. The van der Waals surface area contributed by atoms with Crippen molar-refractivity contribution in [2.45, 2.75) is 43.4 Å². The van der Waals surface area contributed by atoms with Crippen LogP contribution in [0, 0.1) is 27.7 Å². The molecule has 0 spiro atoms. The van der Waals surface area contributed by atoms with Gasteiger partial charge < -0.3 is 0 Å². The van der Waals surface area contributed by atoms with Crippen molar-refractivity contribution in [3.8, 4) is 0 Å². The third-order valence-electron chi connectivity index (χ3n) is 5.54. The Bertz CT molecular complexity index is 1330. The summed E-state index contributed by atoms with van der Waals surface area (Å²) in [7, 11) is -7.50. The third-order valence-corrected chi connectivity index (χ3v) is 9.35. The minimum atomic E-state index is -3.85. The largest absolute Gasteiger partial charge is 0.241 e. The maximum atomic E-state index is 13.2. The van der Waals surface area contributed by atoms with Crippen LogP contribution in [0.1, 0.15) is 33.7 Å². The third kappa shape index (κ3) is 6.23. The smallest absolute Gasteiger partial charge is 0.224 e. The lowest BCUT2D eigenvalue weighted by atomic mass is 10.0.